The molecule has 6 nitrogen and oxygen atoms in total. The fourth-order valence-corrected chi connectivity index (χ4v) is 2.97. The Morgan fingerprint density at radius 1 is 1.22 bits per heavy atom. The minimum atomic E-state index is -0.786. The normalized spacial score (nSPS) is 18.0. The summed E-state index contributed by atoms with van der Waals surface area (Å²) in [4.78, 5) is 26.8. The molecule has 1 aliphatic heterocycles. The highest BCUT2D eigenvalue weighted by molar-refractivity contribution is 5.78. The summed E-state index contributed by atoms with van der Waals surface area (Å²) < 4.78 is 0. The lowest BCUT2D eigenvalue weighted by Crippen LogP contribution is -2.45. The van der Waals surface area contributed by atoms with Crippen LogP contribution in [0, 0.1) is 13.8 Å². The van der Waals surface area contributed by atoms with Crippen LogP contribution in [0.1, 0.15) is 30.5 Å². The maximum atomic E-state index is 11.6. The third-order valence-corrected chi connectivity index (χ3v) is 4.36. The molecule has 120 valence electrons. The molecule has 0 amide bonds. The van der Waals surface area contributed by atoms with Gasteiger partial charge < -0.3 is 10.0 Å². The van der Waals surface area contributed by atoms with Crippen LogP contribution in [0.3, 0.4) is 0 Å². The minimum Gasteiger partial charge on any atom is -0.480 e. The molecular formula is C17H20N4O2. The van der Waals surface area contributed by atoms with Gasteiger partial charge in [-0.25, -0.2) is 14.8 Å². The summed E-state index contributed by atoms with van der Waals surface area (Å²) >= 11 is 0. The lowest BCUT2D eigenvalue weighted by Gasteiger charge is -2.35. The molecule has 1 atom stereocenters. The van der Waals surface area contributed by atoms with E-state index in [4.69, 9.17) is 0 Å². The third kappa shape index (κ3) is 3.02. The number of nitrogens with zero attached hydrogens (tertiary/aromatic N) is 4. The Morgan fingerprint density at radius 3 is 2.65 bits per heavy atom. The quantitative estimate of drug-likeness (QED) is 0.938. The van der Waals surface area contributed by atoms with E-state index in [1.807, 2.05) is 30.9 Å². The van der Waals surface area contributed by atoms with Crippen molar-refractivity contribution in [1.29, 1.82) is 0 Å². The highest BCUT2D eigenvalue weighted by Gasteiger charge is 2.31. The van der Waals surface area contributed by atoms with Gasteiger partial charge in [0.05, 0.1) is 0 Å². The number of aryl methyl sites for hydroxylation is 1. The number of carbonyl (C=O) groups is 1. The average molecular weight is 312 g/mol. The number of aromatic nitrogens is 3. The van der Waals surface area contributed by atoms with E-state index in [9.17, 15) is 9.90 Å². The van der Waals surface area contributed by atoms with E-state index in [0.29, 0.717) is 18.8 Å². The van der Waals surface area contributed by atoms with Crippen molar-refractivity contribution in [3.8, 4) is 11.4 Å². The molecule has 0 spiro atoms. The predicted octanol–water partition coefficient (Wildman–Crippen LogP) is 2.60. The van der Waals surface area contributed by atoms with Crippen LogP contribution < -0.4 is 4.90 Å². The van der Waals surface area contributed by atoms with Crippen LogP contribution in [0.5, 0.6) is 0 Å². The Bertz CT molecular complexity index is 718. The Hall–Kier alpha value is -2.50. The molecule has 0 radical (unpaired) electrons. The molecule has 0 bridgehead atoms. The summed E-state index contributed by atoms with van der Waals surface area (Å²) in [5, 5.41) is 9.52. The largest absolute Gasteiger partial charge is 0.480 e. The highest BCUT2D eigenvalue weighted by Crippen LogP contribution is 2.29. The van der Waals surface area contributed by atoms with Crippen LogP contribution in [0.2, 0.25) is 0 Å². The fourth-order valence-electron chi connectivity index (χ4n) is 2.97. The van der Waals surface area contributed by atoms with Gasteiger partial charge in [0.2, 0.25) is 0 Å². The van der Waals surface area contributed by atoms with Crippen molar-refractivity contribution in [2.75, 3.05) is 11.4 Å². The van der Waals surface area contributed by atoms with Gasteiger partial charge in [-0.2, -0.15) is 0 Å². The molecule has 0 aliphatic carbocycles. The maximum absolute atomic E-state index is 11.6. The summed E-state index contributed by atoms with van der Waals surface area (Å²) in [6, 6.07) is 3.21. The molecular weight excluding hydrogens is 292 g/mol. The van der Waals surface area contributed by atoms with Crippen LogP contribution in [0.25, 0.3) is 11.4 Å². The van der Waals surface area contributed by atoms with Gasteiger partial charge in [0.25, 0.3) is 0 Å². The van der Waals surface area contributed by atoms with E-state index in [1.54, 1.807) is 12.4 Å². The number of rotatable bonds is 3. The average Bonchev–Trinajstić information content (AvgIpc) is 2.58. The zero-order valence-corrected chi connectivity index (χ0v) is 13.4. The minimum absolute atomic E-state index is 0.512. The lowest BCUT2D eigenvalue weighted by molar-refractivity contribution is -0.139. The SMILES string of the molecule is Cc1nc(-c2ccncc2)nc(N2CCCCC2C(=O)O)c1C. The number of anilines is 1. The van der Waals surface area contributed by atoms with E-state index in [-0.39, 0.29) is 0 Å². The zero-order valence-electron chi connectivity index (χ0n) is 13.4. The van der Waals surface area contributed by atoms with Crippen molar-refractivity contribution >= 4 is 11.8 Å². The molecule has 1 saturated heterocycles. The molecule has 23 heavy (non-hydrogen) atoms. The van der Waals surface area contributed by atoms with E-state index in [2.05, 4.69) is 15.0 Å². The number of carboxylic acids is 1. The first-order valence-corrected chi connectivity index (χ1v) is 7.83. The van der Waals surface area contributed by atoms with Gasteiger partial charge in [-0.05, 0) is 45.2 Å². The van der Waals surface area contributed by atoms with Crippen molar-refractivity contribution in [2.24, 2.45) is 0 Å². The number of aliphatic carboxylic acids is 1. The van der Waals surface area contributed by atoms with Gasteiger partial charge in [-0.3, -0.25) is 4.98 Å². The van der Waals surface area contributed by atoms with Crippen molar-refractivity contribution < 1.29 is 9.90 Å². The lowest BCUT2D eigenvalue weighted by atomic mass is 10.0. The van der Waals surface area contributed by atoms with Crippen LogP contribution in [0.15, 0.2) is 24.5 Å². The Labute approximate surface area is 135 Å². The first kappa shape index (κ1) is 15.4. The van der Waals surface area contributed by atoms with Gasteiger partial charge in [-0.1, -0.05) is 0 Å². The van der Waals surface area contributed by atoms with Crippen LogP contribution in [0.4, 0.5) is 5.82 Å². The van der Waals surface area contributed by atoms with E-state index < -0.39 is 12.0 Å². The van der Waals surface area contributed by atoms with E-state index in [1.165, 1.54) is 0 Å². The second kappa shape index (κ2) is 6.32. The predicted molar refractivity (Wildman–Crippen MR) is 87.4 cm³/mol. The van der Waals surface area contributed by atoms with Crippen molar-refractivity contribution in [3.05, 3.63) is 35.8 Å². The monoisotopic (exact) mass is 312 g/mol. The standard InChI is InChI=1S/C17H20N4O2/c1-11-12(2)19-15(13-6-8-18-9-7-13)20-16(11)21-10-4-3-5-14(21)17(22)23/h6-9,14H,3-5,10H2,1-2H3,(H,22,23). The second-order valence-corrected chi connectivity index (χ2v) is 5.86. The number of piperidine rings is 1. The van der Waals surface area contributed by atoms with E-state index in [0.717, 1.165) is 35.5 Å². The van der Waals surface area contributed by atoms with Crippen LogP contribution in [-0.4, -0.2) is 38.6 Å². The van der Waals surface area contributed by atoms with Gasteiger partial charge in [-0.15, -0.1) is 0 Å². The van der Waals surface area contributed by atoms with Crippen LogP contribution >= 0.6 is 0 Å². The van der Waals surface area contributed by atoms with Crippen LogP contribution in [-0.2, 0) is 4.79 Å². The number of hydrogen-bond acceptors (Lipinski definition) is 5. The number of pyridine rings is 1. The van der Waals surface area contributed by atoms with E-state index >= 15 is 0 Å². The number of carboxylic acid groups (broad SMARTS) is 1. The fraction of sp³-hybridized carbons (Fsp3) is 0.412. The van der Waals surface area contributed by atoms with Gasteiger partial charge >= 0.3 is 5.97 Å². The van der Waals surface area contributed by atoms with Crippen molar-refractivity contribution in [1.82, 2.24) is 15.0 Å². The summed E-state index contributed by atoms with van der Waals surface area (Å²) in [6.07, 6.45) is 5.98. The molecule has 1 fully saturated rings. The molecule has 2 aromatic heterocycles. The molecule has 2 aromatic rings. The molecule has 1 aliphatic rings. The molecule has 0 aromatic carbocycles. The Morgan fingerprint density at radius 2 is 1.96 bits per heavy atom. The molecule has 1 N–H and O–H groups in total. The smallest absolute Gasteiger partial charge is 0.326 e. The van der Waals surface area contributed by atoms with Crippen molar-refractivity contribution in [2.45, 2.75) is 39.2 Å². The van der Waals surface area contributed by atoms with Gasteiger partial charge in [0, 0.05) is 35.8 Å². The first-order valence-electron chi connectivity index (χ1n) is 7.83. The Balaban J connectivity index is 2.07. The molecule has 3 rings (SSSR count). The summed E-state index contributed by atoms with van der Waals surface area (Å²) in [7, 11) is 0. The third-order valence-electron chi connectivity index (χ3n) is 4.36. The summed E-state index contributed by atoms with van der Waals surface area (Å²) in [5.74, 6) is 0.558. The second-order valence-electron chi connectivity index (χ2n) is 5.86. The Kier molecular flexibility index (Phi) is 4.23. The zero-order chi connectivity index (χ0) is 16.4. The molecule has 1 unspecified atom stereocenters. The number of hydrogen-bond donors (Lipinski definition) is 1. The maximum Gasteiger partial charge on any atom is 0.326 e. The molecule has 0 saturated carbocycles. The topological polar surface area (TPSA) is 79.2 Å². The van der Waals surface area contributed by atoms with Gasteiger partial charge in [0.1, 0.15) is 11.9 Å². The van der Waals surface area contributed by atoms with Crippen molar-refractivity contribution in [3.63, 3.8) is 0 Å². The summed E-state index contributed by atoms with van der Waals surface area (Å²) in [6.45, 7) is 4.60. The van der Waals surface area contributed by atoms with Gasteiger partial charge in [0.15, 0.2) is 5.82 Å². The first-order chi connectivity index (χ1) is 11.1. The summed E-state index contributed by atoms with van der Waals surface area (Å²) in [5.41, 5.74) is 2.70. The molecule has 3 heterocycles. The molecule has 6 heteroatoms. The highest BCUT2D eigenvalue weighted by atomic mass is 16.4.